The molecule has 0 aliphatic rings. The summed E-state index contributed by atoms with van der Waals surface area (Å²) in [5.74, 6) is -0.245. The van der Waals surface area contributed by atoms with Crippen LogP contribution in [0.3, 0.4) is 0 Å². The number of nitrogens with one attached hydrogen (secondary N) is 1. The lowest BCUT2D eigenvalue weighted by Crippen LogP contribution is -2.15. The molecule has 7 heteroatoms. The summed E-state index contributed by atoms with van der Waals surface area (Å²) in [6.07, 6.45) is 1.51. The smallest absolute Gasteiger partial charge is 0.259 e. The zero-order chi connectivity index (χ0) is 14.0. The van der Waals surface area contributed by atoms with Gasteiger partial charge in [0.1, 0.15) is 5.82 Å². The Morgan fingerprint density at radius 2 is 2.00 bits per heavy atom. The molecule has 0 spiro atoms. The molecule has 1 amide bonds. The van der Waals surface area contributed by atoms with Crippen LogP contribution >= 0.6 is 39.1 Å². The van der Waals surface area contributed by atoms with Crippen LogP contribution < -0.4 is 11.1 Å². The molecule has 4 nitrogen and oxygen atoms in total. The van der Waals surface area contributed by atoms with E-state index in [1.807, 2.05) is 0 Å². The second kappa shape index (κ2) is 5.77. The van der Waals surface area contributed by atoms with Gasteiger partial charge in [-0.2, -0.15) is 0 Å². The molecule has 0 bridgehead atoms. The number of nitrogens with two attached hydrogens (primary N) is 1. The first-order valence-electron chi connectivity index (χ1n) is 5.16. The highest BCUT2D eigenvalue weighted by Gasteiger charge is 2.14. The van der Waals surface area contributed by atoms with Gasteiger partial charge in [-0.3, -0.25) is 4.79 Å². The first-order chi connectivity index (χ1) is 9.00. The second-order valence-corrected chi connectivity index (χ2v) is 5.22. The van der Waals surface area contributed by atoms with Crippen molar-refractivity contribution in [3.63, 3.8) is 0 Å². The van der Waals surface area contributed by atoms with Crippen molar-refractivity contribution < 1.29 is 4.79 Å². The number of amides is 1. The van der Waals surface area contributed by atoms with Crippen molar-refractivity contribution in [2.24, 2.45) is 0 Å². The van der Waals surface area contributed by atoms with Crippen LogP contribution in [0.4, 0.5) is 11.5 Å². The molecular weight excluding hydrogens is 353 g/mol. The lowest BCUT2D eigenvalue weighted by molar-refractivity contribution is 0.102. The van der Waals surface area contributed by atoms with E-state index in [0.717, 1.165) is 0 Å². The minimum Gasteiger partial charge on any atom is -0.383 e. The summed E-state index contributed by atoms with van der Waals surface area (Å²) in [5, 5.41) is 3.23. The monoisotopic (exact) mass is 359 g/mol. The van der Waals surface area contributed by atoms with E-state index >= 15 is 0 Å². The van der Waals surface area contributed by atoms with Crippen LogP contribution in [0, 0.1) is 0 Å². The van der Waals surface area contributed by atoms with Crippen molar-refractivity contribution in [3.05, 3.63) is 50.5 Å². The first-order valence-corrected chi connectivity index (χ1v) is 6.71. The van der Waals surface area contributed by atoms with Crippen LogP contribution in [-0.4, -0.2) is 10.9 Å². The van der Waals surface area contributed by atoms with Crippen LogP contribution in [0.2, 0.25) is 10.0 Å². The van der Waals surface area contributed by atoms with Crippen LogP contribution in [0.1, 0.15) is 10.4 Å². The number of pyridine rings is 1. The van der Waals surface area contributed by atoms with Crippen LogP contribution in [0.15, 0.2) is 34.9 Å². The maximum Gasteiger partial charge on any atom is 0.259 e. The molecule has 1 heterocycles. The standard InChI is InChI=1S/C12H8BrCl2N3O/c13-7-3-4-8(10(15)9(7)14)18-12(19)6-2-1-5-17-11(6)16/h1-5H,(H2,16,17)(H,18,19). The molecule has 0 unspecified atom stereocenters. The van der Waals surface area contributed by atoms with Gasteiger partial charge in [0.05, 0.1) is 21.3 Å². The van der Waals surface area contributed by atoms with Crippen molar-refractivity contribution in [2.45, 2.75) is 0 Å². The van der Waals surface area contributed by atoms with Gasteiger partial charge in [0.25, 0.3) is 5.91 Å². The number of hydrogen-bond donors (Lipinski definition) is 2. The summed E-state index contributed by atoms with van der Waals surface area (Å²) >= 11 is 15.3. The van der Waals surface area contributed by atoms with Crippen molar-refractivity contribution >= 4 is 56.5 Å². The lowest BCUT2D eigenvalue weighted by atomic mass is 10.2. The number of carbonyl (C=O) groups excluding carboxylic acids is 1. The van der Waals surface area contributed by atoms with E-state index < -0.39 is 5.91 Å². The Balaban J connectivity index is 2.30. The fourth-order valence-corrected chi connectivity index (χ4v) is 2.24. The Labute approximate surface area is 128 Å². The molecule has 98 valence electrons. The average Bonchev–Trinajstić information content (AvgIpc) is 2.40. The number of nitrogen functional groups attached to an aromatic ring is 1. The molecule has 1 aromatic carbocycles. The van der Waals surface area contributed by atoms with Gasteiger partial charge < -0.3 is 11.1 Å². The Kier molecular flexibility index (Phi) is 4.29. The zero-order valence-corrected chi connectivity index (χ0v) is 12.6. The topological polar surface area (TPSA) is 68.0 Å². The first kappa shape index (κ1) is 14.1. The molecule has 0 saturated heterocycles. The summed E-state index contributed by atoms with van der Waals surface area (Å²) in [7, 11) is 0. The van der Waals surface area contributed by atoms with Gasteiger partial charge >= 0.3 is 0 Å². The van der Waals surface area contributed by atoms with Crippen molar-refractivity contribution in [2.75, 3.05) is 11.1 Å². The number of halogens is 3. The van der Waals surface area contributed by atoms with Crippen LogP contribution in [0.5, 0.6) is 0 Å². The van der Waals surface area contributed by atoms with Gasteiger partial charge in [0.15, 0.2) is 0 Å². The van der Waals surface area contributed by atoms with Gasteiger partial charge in [-0.1, -0.05) is 23.2 Å². The van der Waals surface area contributed by atoms with Gasteiger partial charge in [-0.15, -0.1) is 0 Å². The molecule has 0 atom stereocenters. The van der Waals surface area contributed by atoms with E-state index in [9.17, 15) is 4.79 Å². The summed E-state index contributed by atoms with van der Waals surface area (Å²) in [6.45, 7) is 0. The van der Waals surface area contributed by atoms with Crippen LogP contribution in [0.25, 0.3) is 0 Å². The minimum atomic E-state index is -0.397. The molecule has 3 N–H and O–H groups in total. The number of rotatable bonds is 2. The van der Waals surface area contributed by atoms with Gasteiger partial charge in [-0.05, 0) is 40.2 Å². The summed E-state index contributed by atoms with van der Waals surface area (Å²) in [6, 6.07) is 6.53. The number of benzene rings is 1. The predicted octanol–water partition coefficient (Wildman–Crippen LogP) is 3.99. The van der Waals surface area contributed by atoms with E-state index in [4.69, 9.17) is 28.9 Å². The maximum absolute atomic E-state index is 12.0. The van der Waals surface area contributed by atoms with E-state index in [1.54, 1.807) is 24.3 Å². The summed E-state index contributed by atoms with van der Waals surface area (Å²) in [5.41, 5.74) is 6.31. The van der Waals surface area contributed by atoms with Gasteiger partial charge in [0.2, 0.25) is 0 Å². The van der Waals surface area contributed by atoms with Gasteiger partial charge in [-0.25, -0.2) is 4.98 Å². The number of hydrogen-bond acceptors (Lipinski definition) is 3. The van der Waals surface area contributed by atoms with E-state index in [-0.39, 0.29) is 16.4 Å². The fraction of sp³-hybridized carbons (Fsp3) is 0. The number of carbonyl (C=O) groups is 1. The predicted molar refractivity (Wildman–Crippen MR) is 80.8 cm³/mol. The molecule has 2 aromatic rings. The van der Waals surface area contributed by atoms with E-state index in [0.29, 0.717) is 15.2 Å². The Bertz CT molecular complexity index is 649. The largest absolute Gasteiger partial charge is 0.383 e. The SMILES string of the molecule is Nc1ncccc1C(=O)Nc1ccc(Br)c(Cl)c1Cl. The molecular formula is C12H8BrCl2N3O. The Morgan fingerprint density at radius 1 is 1.26 bits per heavy atom. The van der Waals surface area contributed by atoms with Crippen LogP contribution in [-0.2, 0) is 0 Å². The van der Waals surface area contributed by atoms with Gasteiger partial charge in [0, 0.05) is 10.7 Å². The number of anilines is 2. The third-order valence-corrected chi connectivity index (χ3v) is 4.14. The summed E-state index contributed by atoms with van der Waals surface area (Å²) in [4.78, 5) is 15.9. The third-order valence-electron chi connectivity index (χ3n) is 2.37. The molecule has 19 heavy (non-hydrogen) atoms. The normalized spacial score (nSPS) is 10.3. The Hall–Kier alpha value is -1.30. The molecule has 1 aromatic heterocycles. The summed E-state index contributed by atoms with van der Waals surface area (Å²) < 4.78 is 0.651. The highest BCUT2D eigenvalue weighted by atomic mass is 79.9. The fourth-order valence-electron chi connectivity index (χ4n) is 1.42. The number of aromatic nitrogens is 1. The van der Waals surface area contributed by atoms with Crippen molar-refractivity contribution in [3.8, 4) is 0 Å². The molecule has 0 aliphatic heterocycles. The van der Waals surface area contributed by atoms with E-state index in [2.05, 4.69) is 26.2 Å². The number of nitrogens with zero attached hydrogens (tertiary/aromatic N) is 1. The highest BCUT2D eigenvalue weighted by molar-refractivity contribution is 9.10. The molecule has 0 radical (unpaired) electrons. The Morgan fingerprint density at radius 3 is 2.68 bits per heavy atom. The molecule has 0 aliphatic carbocycles. The van der Waals surface area contributed by atoms with Crippen molar-refractivity contribution in [1.29, 1.82) is 0 Å². The third kappa shape index (κ3) is 3.00. The molecule has 0 fully saturated rings. The minimum absolute atomic E-state index is 0.152. The molecule has 0 saturated carbocycles. The second-order valence-electron chi connectivity index (χ2n) is 3.61. The quantitative estimate of drug-likeness (QED) is 0.795. The van der Waals surface area contributed by atoms with E-state index in [1.165, 1.54) is 6.20 Å². The lowest BCUT2D eigenvalue weighted by Gasteiger charge is -2.10. The average molecular weight is 361 g/mol. The van der Waals surface area contributed by atoms with Crippen molar-refractivity contribution in [1.82, 2.24) is 4.98 Å². The zero-order valence-electron chi connectivity index (χ0n) is 9.45. The highest BCUT2D eigenvalue weighted by Crippen LogP contribution is 2.36. The molecule has 2 rings (SSSR count). The maximum atomic E-state index is 12.0.